The number of hydrogen-bond donors (Lipinski definition) is 3. The minimum absolute atomic E-state index is 0.0624. The van der Waals surface area contributed by atoms with E-state index >= 15 is 0 Å². The molecule has 1 heterocycles. The summed E-state index contributed by atoms with van der Waals surface area (Å²) in [6.45, 7) is 4.19. The minimum Gasteiger partial charge on any atom is -0.387 e. The molecule has 0 saturated carbocycles. The van der Waals surface area contributed by atoms with Gasteiger partial charge in [-0.2, -0.15) is 0 Å². The quantitative estimate of drug-likeness (QED) is 0.737. The van der Waals surface area contributed by atoms with E-state index < -0.39 is 5.60 Å². The van der Waals surface area contributed by atoms with Crippen LogP contribution in [0.15, 0.2) is 24.3 Å². The number of likely N-dealkylation sites (N-methyl/N-ethyl adjacent to an activating group) is 1. The molecule has 1 amide bonds. The van der Waals surface area contributed by atoms with Gasteiger partial charge in [-0.05, 0) is 44.6 Å². The summed E-state index contributed by atoms with van der Waals surface area (Å²) in [7, 11) is 1.85. The number of rotatable bonds is 5. The maximum atomic E-state index is 12.0. The third-order valence-electron chi connectivity index (χ3n) is 3.50. The predicted molar refractivity (Wildman–Crippen MR) is 79.7 cm³/mol. The molecule has 1 aromatic carbocycles. The minimum atomic E-state index is -0.710. The Hall–Kier alpha value is -1.43. The fourth-order valence-electron chi connectivity index (χ4n) is 2.59. The Morgan fingerprint density at radius 2 is 2.35 bits per heavy atom. The summed E-state index contributed by atoms with van der Waals surface area (Å²) in [4.78, 5) is 13.8. The van der Waals surface area contributed by atoms with E-state index in [4.69, 9.17) is 0 Å². The Bertz CT molecular complexity index is 470. The highest BCUT2D eigenvalue weighted by Gasteiger charge is 2.32. The number of nitrogens with zero attached hydrogens (tertiary/aromatic N) is 1. The molecule has 0 radical (unpaired) electrons. The zero-order valence-corrected chi connectivity index (χ0v) is 12.1. The highest BCUT2D eigenvalue weighted by molar-refractivity contribution is 5.92. The molecule has 1 aliphatic rings. The Kier molecular flexibility index (Phi) is 4.75. The van der Waals surface area contributed by atoms with Gasteiger partial charge in [0.05, 0.1) is 12.1 Å². The summed E-state index contributed by atoms with van der Waals surface area (Å²) >= 11 is 0. The lowest BCUT2D eigenvalue weighted by atomic mass is 10.0. The van der Waals surface area contributed by atoms with Crippen LogP contribution >= 0.6 is 0 Å². The lowest BCUT2D eigenvalue weighted by Crippen LogP contribution is -2.45. The Morgan fingerprint density at radius 3 is 3.00 bits per heavy atom. The topological polar surface area (TPSA) is 64.6 Å². The largest absolute Gasteiger partial charge is 0.387 e. The third-order valence-corrected chi connectivity index (χ3v) is 3.50. The van der Waals surface area contributed by atoms with Crippen LogP contribution in [0.1, 0.15) is 12.0 Å². The molecule has 0 bridgehead atoms. The number of hydrogen-bond acceptors (Lipinski definition) is 4. The molecule has 1 atom stereocenters. The maximum absolute atomic E-state index is 12.0. The molecule has 0 aromatic heterocycles. The van der Waals surface area contributed by atoms with Crippen molar-refractivity contribution in [2.45, 2.75) is 18.9 Å². The molecule has 5 nitrogen and oxygen atoms in total. The number of carbonyl (C=O) groups excluding carboxylic acids is 1. The Morgan fingerprint density at radius 1 is 1.55 bits per heavy atom. The van der Waals surface area contributed by atoms with Gasteiger partial charge in [0.1, 0.15) is 0 Å². The summed E-state index contributed by atoms with van der Waals surface area (Å²) in [5.74, 6) is -0.0624. The lowest BCUT2D eigenvalue weighted by Gasteiger charge is -2.27. The molecular weight excluding hydrogens is 254 g/mol. The summed E-state index contributed by atoms with van der Waals surface area (Å²) < 4.78 is 0. The first-order valence-electron chi connectivity index (χ1n) is 6.95. The normalized spacial score (nSPS) is 22.2. The first kappa shape index (κ1) is 15.0. The van der Waals surface area contributed by atoms with Gasteiger partial charge in [-0.3, -0.25) is 9.69 Å². The molecule has 110 valence electrons. The number of anilines is 1. The average molecular weight is 277 g/mol. The van der Waals surface area contributed by atoms with Crippen LogP contribution in [-0.4, -0.2) is 54.7 Å². The first-order chi connectivity index (χ1) is 9.47. The van der Waals surface area contributed by atoms with Gasteiger partial charge in [0, 0.05) is 18.8 Å². The van der Waals surface area contributed by atoms with Crippen LogP contribution in [0, 0.1) is 6.92 Å². The Labute approximate surface area is 120 Å². The molecule has 1 aliphatic heterocycles. The molecule has 1 saturated heterocycles. The van der Waals surface area contributed by atoms with Gasteiger partial charge in [-0.15, -0.1) is 0 Å². The summed E-state index contributed by atoms with van der Waals surface area (Å²) in [6.07, 6.45) is 0.733. The van der Waals surface area contributed by atoms with Crippen molar-refractivity contribution in [1.82, 2.24) is 10.2 Å². The van der Waals surface area contributed by atoms with E-state index in [1.54, 1.807) is 0 Å². The van der Waals surface area contributed by atoms with Gasteiger partial charge in [0.2, 0.25) is 5.91 Å². The first-order valence-corrected chi connectivity index (χ1v) is 6.95. The molecular formula is C15H23N3O2. The van der Waals surface area contributed by atoms with Crippen molar-refractivity contribution < 1.29 is 9.90 Å². The molecule has 1 unspecified atom stereocenters. The van der Waals surface area contributed by atoms with E-state index in [0.717, 1.165) is 24.2 Å². The van der Waals surface area contributed by atoms with E-state index in [2.05, 4.69) is 10.6 Å². The van der Waals surface area contributed by atoms with Gasteiger partial charge >= 0.3 is 0 Å². The van der Waals surface area contributed by atoms with Crippen molar-refractivity contribution in [1.29, 1.82) is 0 Å². The van der Waals surface area contributed by atoms with Gasteiger partial charge < -0.3 is 15.7 Å². The molecule has 20 heavy (non-hydrogen) atoms. The molecule has 0 spiro atoms. The van der Waals surface area contributed by atoms with Gasteiger partial charge in [-0.25, -0.2) is 0 Å². The van der Waals surface area contributed by atoms with Crippen molar-refractivity contribution in [2.24, 2.45) is 0 Å². The van der Waals surface area contributed by atoms with E-state index in [1.807, 2.05) is 43.1 Å². The van der Waals surface area contributed by atoms with Crippen molar-refractivity contribution >= 4 is 11.6 Å². The third kappa shape index (κ3) is 4.30. The van der Waals surface area contributed by atoms with Gasteiger partial charge in [0.15, 0.2) is 0 Å². The van der Waals surface area contributed by atoms with Crippen LogP contribution in [0.3, 0.4) is 0 Å². The number of aryl methyl sites for hydroxylation is 1. The van der Waals surface area contributed by atoms with E-state index in [0.29, 0.717) is 13.1 Å². The van der Waals surface area contributed by atoms with Crippen LogP contribution in [-0.2, 0) is 4.79 Å². The van der Waals surface area contributed by atoms with Crippen molar-refractivity contribution in [3.8, 4) is 0 Å². The second-order valence-corrected chi connectivity index (χ2v) is 5.74. The number of carbonyl (C=O) groups is 1. The van der Waals surface area contributed by atoms with Crippen molar-refractivity contribution in [3.05, 3.63) is 29.8 Å². The summed E-state index contributed by atoms with van der Waals surface area (Å²) in [6, 6.07) is 7.72. The smallest absolute Gasteiger partial charge is 0.238 e. The zero-order valence-electron chi connectivity index (χ0n) is 12.1. The standard InChI is InChI=1S/C15H23N3O2/c1-12-4-3-5-13(8-12)17-14(19)9-18(2)11-15(20)6-7-16-10-15/h3-5,8,16,20H,6-7,9-11H2,1-2H3,(H,17,19). The van der Waals surface area contributed by atoms with Crippen molar-refractivity contribution in [3.63, 3.8) is 0 Å². The zero-order chi connectivity index (χ0) is 14.6. The van der Waals surface area contributed by atoms with Crippen LogP contribution in [0.25, 0.3) is 0 Å². The van der Waals surface area contributed by atoms with Gasteiger partial charge in [0.25, 0.3) is 0 Å². The second-order valence-electron chi connectivity index (χ2n) is 5.74. The molecule has 2 rings (SSSR count). The monoisotopic (exact) mass is 277 g/mol. The van der Waals surface area contributed by atoms with Crippen molar-refractivity contribution in [2.75, 3.05) is 38.5 Å². The SMILES string of the molecule is Cc1cccc(NC(=O)CN(C)CC2(O)CCNC2)c1. The maximum Gasteiger partial charge on any atom is 0.238 e. The van der Waals surface area contributed by atoms with Crippen LogP contribution in [0.4, 0.5) is 5.69 Å². The fourth-order valence-corrected chi connectivity index (χ4v) is 2.59. The molecule has 3 N–H and O–H groups in total. The number of aliphatic hydroxyl groups is 1. The van der Waals surface area contributed by atoms with Crippen LogP contribution in [0.5, 0.6) is 0 Å². The molecule has 0 aliphatic carbocycles. The van der Waals surface area contributed by atoms with E-state index in [-0.39, 0.29) is 12.5 Å². The van der Waals surface area contributed by atoms with Gasteiger partial charge in [-0.1, -0.05) is 12.1 Å². The second kappa shape index (κ2) is 6.35. The fraction of sp³-hybridized carbons (Fsp3) is 0.533. The van der Waals surface area contributed by atoms with Crippen LogP contribution in [0.2, 0.25) is 0 Å². The van der Waals surface area contributed by atoms with E-state index in [9.17, 15) is 9.90 Å². The molecule has 1 aromatic rings. The summed E-state index contributed by atoms with van der Waals surface area (Å²) in [5.41, 5.74) is 1.21. The number of benzene rings is 1. The predicted octanol–water partition coefficient (Wildman–Crippen LogP) is 0.590. The summed E-state index contributed by atoms with van der Waals surface area (Å²) in [5, 5.41) is 16.3. The molecule has 5 heteroatoms. The highest BCUT2D eigenvalue weighted by Crippen LogP contribution is 2.15. The number of nitrogens with one attached hydrogen (secondary N) is 2. The highest BCUT2D eigenvalue weighted by atomic mass is 16.3. The average Bonchev–Trinajstić information content (AvgIpc) is 2.74. The molecule has 1 fully saturated rings. The lowest BCUT2D eigenvalue weighted by molar-refractivity contribution is -0.117. The van der Waals surface area contributed by atoms with Crippen LogP contribution < -0.4 is 10.6 Å². The number of amides is 1. The van der Waals surface area contributed by atoms with E-state index in [1.165, 1.54) is 0 Å². The number of β-amino-alcohol motifs (C(OH)–C–C–N with tert-alkyl or cyclic N) is 1. The Balaban J connectivity index is 1.82.